The van der Waals surface area contributed by atoms with Crippen molar-refractivity contribution in [2.45, 2.75) is 33.2 Å². The van der Waals surface area contributed by atoms with Crippen LogP contribution in [0.4, 0.5) is 0 Å². The van der Waals surface area contributed by atoms with Crippen LogP contribution in [0, 0.1) is 5.41 Å². The molecule has 1 atom stereocenters. The number of nitrogens with zero attached hydrogens (tertiary/aromatic N) is 1. The van der Waals surface area contributed by atoms with Gasteiger partial charge in [-0.25, -0.2) is 0 Å². The average molecular weight is 193 g/mol. The molecule has 1 aliphatic rings. The Balaban J connectivity index is 0.00000121. The van der Waals surface area contributed by atoms with E-state index in [1.165, 1.54) is 19.5 Å². The zero-order valence-electron chi connectivity index (χ0n) is 8.34. The van der Waals surface area contributed by atoms with Crippen LogP contribution in [0.25, 0.3) is 0 Å². The highest BCUT2D eigenvalue weighted by molar-refractivity contribution is 5.85. The van der Waals surface area contributed by atoms with E-state index < -0.39 is 0 Å². The van der Waals surface area contributed by atoms with Crippen molar-refractivity contribution in [3.8, 4) is 0 Å². The highest BCUT2D eigenvalue weighted by Gasteiger charge is 2.23. The average Bonchev–Trinajstić information content (AvgIpc) is 2.10. The van der Waals surface area contributed by atoms with E-state index in [1.807, 2.05) is 0 Å². The maximum Gasteiger partial charge on any atom is 0.0180 e. The Morgan fingerprint density at radius 1 is 1.42 bits per heavy atom. The normalized spacial score (nSPS) is 25.5. The van der Waals surface area contributed by atoms with Gasteiger partial charge in [-0.2, -0.15) is 0 Å². The summed E-state index contributed by atoms with van der Waals surface area (Å²) in [7, 11) is 0. The van der Waals surface area contributed by atoms with Gasteiger partial charge in [0.2, 0.25) is 0 Å². The zero-order chi connectivity index (χ0) is 8.48. The number of rotatable bonds is 1. The van der Waals surface area contributed by atoms with Gasteiger partial charge in [-0.05, 0) is 18.4 Å². The van der Waals surface area contributed by atoms with Crippen LogP contribution in [-0.4, -0.2) is 30.6 Å². The lowest BCUT2D eigenvalue weighted by Gasteiger charge is -2.25. The van der Waals surface area contributed by atoms with Crippen molar-refractivity contribution < 1.29 is 0 Å². The molecule has 0 aromatic heterocycles. The smallest absolute Gasteiger partial charge is 0.0180 e. The molecule has 0 aromatic carbocycles. The van der Waals surface area contributed by atoms with E-state index in [1.54, 1.807) is 0 Å². The Morgan fingerprint density at radius 2 is 2.00 bits per heavy atom. The van der Waals surface area contributed by atoms with E-state index in [9.17, 15) is 0 Å². The van der Waals surface area contributed by atoms with Crippen molar-refractivity contribution in [2.24, 2.45) is 11.1 Å². The van der Waals surface area contributed by atoms with E-state index in [2.05, 4.69) is 25.7 Å². The lowest BCUT2D eigenvalue weighted by molar-refractivity contribution is 0.225. The monoisotopic (exact) mass is 192 g/mol. The summed E-state index contributed by atoms with van der Waals surface area (Å²) >= 11 is 0. The molecule has 1 heterocycles. The molecule has 3 heteroatoms. The topological polar surface area (TPSA) is 29.3 Å². The van der Waals surface area contributed by atoms with E-state index in [-0.39, 0.29) is 12.4 Å². The van der Waals surface area contributed by atoms with E-state index in [4.69, 9.17) is 5.73 Å². The molecular formula is C9H21ClN2. The molecule has 2 N–H and O–H groups in total. The molecule has 0 radical (unpaired) electrons. The van der Waals surface area contributed by atoms with Gasteiger partial charge >= 0.3 is 0 Å². The van der Waals surface area contributed by atoms with E-state index >= 15 is 0 Å². The van der Waals surface area contributed by atoms with Crippen molar-refractivity contribution in [2.75, 3.05) is 19.6 Å². The Morgan fingerprint density at radius 3 is 2.33 bits per heavy atom. The van der Waals surface area contributed by atoms with Crippen molar-refractivity contribution in [1.29, 1.82) is 0 Å². The minimum absolute atomic E-state index is 0. The molecule has 0 amide bonds. The fraction of sp³-hybridized carbons (Fsp3) is 1.00. The summed E-state index contributed by atoms with van der Waals surface area (Å²) in [5.74, 6) is 0. The van der Waals surface area contributed by atoms with Crippen LogP contribution in [0.2, 0.25) is 0 Å². The summed E-state index contributed by atoms with van der Waals surface area (Å²) in [5.41, 5.74) is 6.22. The van der Waals surface area contributed by atoms with Crippen LogP contribution in [0.15, 0.2) is 0 Å². The van der Waals surface area contributed by atoms with Crippen molar-refractivity contribution in [1.82, 2.24) is 4.90 Å². The molecule has 1 fully saturated rings. The first-order valence-electron chi connectivity index (χ1n) is 4.45. The molecular weight excluding hydrogens is 172 g/mol. The Kier molecular flexibility index (Phi) is 4.53. The maximum absolute atomic E-state index is 5.80. The summed E-state index contributed by atoms with van der Waals surface area (Å²) < 4.78 is 0. The summed E-state index contributed by atoms with van der Waals surface area (Å²) in [4.78, 5) is 2.46. The van der Waals surface area contributed by atoms with Gasteiger partial charge < -0.3 is 10.6 Å². The van der Waals surface area contributed by atoms with Gasteiger partial charge in [-0.1, -0.05) is 20.8 Å². The standard InChI is InChI=1S/C9H20N2.ClH/c1-9(2,3)7-11-5-4-8(10)6-11;/h8H,4-7,10H2,1-3H3;1H/t8-;/m1./s1. The van der Waals surface area contributed by atoms with E-state index in [0.29, 0.717) is 11.5 Å². The second-order valence-electron chi connectivity index (χ2n) is 4.84. The van der Waals surface area contributed by atoms with Gasteiger partial charge in [0.25, 0.3) is 0 Å². The number of likely N-dealkylation sites (tertiary alicyclic amines) is 1. The molecule has 0 unspecified atom stereocenters. The Labute approximate surface area is 81.9 Å². The van der Waals surface area contributed by atoms with Crippen LogP contribution in [-0.2, 0) is 0 Å². The third kappa shape index (κ3) is 4.29. The van der Waals surface area contributed by atoms with Crippen molar-refractivity contribution >= 4 is 12.4 Å². The predicted octanol–water partition coefficient (Wildman–Crippen LogP) is 1.49. The van der Waals surface area contributed by atoms with Crippen LogP contribution in [0.1, 0.15) is 27.2 Å². The molecule has 74 valence electrons. The lowest BCUT2D eigenvalue weighted by atomic mass is 9.96. The van der Waals surface area contributed by atoms with E-state index in [0.717, 1.165) is 6.54 Å². The van der Waals surface area contributed by atoms with Gasteiger partial charge in [0.1, 0.15) is 0 Å². The molecule has 0 saturated carbocycles. The van der Waals surface area contributed by atoms with Crippen LogP contribution in [0.3, 0.4) is 0 Å². The number of halogens is 1. The molecule has 12 heavy (non-hydrogen) atoms. The molecule has 0 spiro atoms. The quantitative estimate of drug-likeness (QED) is 0.682. The number of hydrogen-bond acceptors (Lipinski definition) is 2. The Bertz CT molecular complexity index is 131. The highest BCUT2D eigenvalue weighted by atomic mass is 35.5. The summed E-state index contributed by atoms with van der Waals surface area (Å²) in [6.45, 7) is 10.3. The van der Waals surface area contributed by atoms with Gasteiger partial charge in [-0.15, -0.1) is 12.4 Å². The van der Waals surface area contributed by atoms with Crippen LogP contribution < -0.4 is 5.73 Å². The molecule has 0 aliphatic carbocycles. The fourth-order valence-corrected chi connectivity index (χ4v) is 1.68. The number of hydrogen-bond donors (Lipinski definition) is 1. The third-order valence-corrected chi connectivity index (χ3v) is 2.01. The van der Waals surface area contributed by atoms with Gasteiger partial charge in [-0.3, -0.25) is 0 Å². The first-order valence-corrected chi connectivity index (χ1v) is 4.45. The zero-order valence-corrected chi connectivity index (χ0v) is 9.16. The fourth-order valence-electron chi connectivity index (χ4n) is 1.68. The molecule has 1 aliphatic heterocycles. The van der Waals surface area contributed by atoms with Gasteiger partial charge in [0, 0.05) is 19.1 Å². The maximum atomic E-state index is 5.80. The summed E-state index contributed by atoms with van der Waals surface area (Å²) in [6, 6.07) is 0.428. The first kappa shape index (κ1) is 12.2. The second-order valence-corrected chi connectivity index (χ2v) is 4.84. The van der Waals surface area contributed by atoms with Crippen LogP contribution >= 0.6 is 12.4 Å². The predicted molar refractivity (Wildman–Crippen MR) is 55.7 cm³/mol. The van der Waals surface area contributed by atoms with Gasteiger partial charge in [0.15, 0.2) is 0 Å². The third-order valence-electron chi connectivity index (χ3n) is 2.01. The molecule has 2 nitrogen and oxygen atoms in total. The minimum Gasteiger partial charge on any atom is -0.326 e. The first-order chi connectivity index (χ1) is 4.97. The molecule has 1 saturated heterocycles. The van der Waals surface area contributed by atoms with Gasteiger partial charge in [0.05, 0.1) is 0 Å². The summed E-state index contributed by atoms with van der Waals surface area (Å²) in [6.07, 6.45) is 1.18. The van der Waals surface area contributed by atoms with Crippen LogP contribution in [0.5, 0.6) is 0 Å². The molecule has 0 bridgehead atoms. The molecule has 0 aromatic rings. The second kappa shape index (κ2) is 4.45. The van der Waals surface area contributed by atoms with Crippen molar-refractivity contribution in [3.05, 3.63) is 0 Å². The van der Waals surface area contributed by atoms with Crippen molar-refractivity contribution in [3.63, 3.8) is 0 Å². The Hall–Kier alpha value is 0.210. The highest BCUT2D eigenvalue weighted by Crippen LogP contribution is 2.18. The largest absolute Gasteiger partial charge is 0.326 e. The minimum atomic E-state index is 0. The lowest BCUT2D eigenvalue weighted by Crippen LogP contribution is -2.33. The SMILES string of the molecule is CC(C)(C)CN1CC[C@@H](N)C1.Cl. The molecule has 1 rings (SSSR count). The number of nitrogens with two attached hydrogens (primary N) is 1. The summed E-state index contributed by atoms with van der Waals surface area (Å²) in [5, 5.41) is 0.